The van der Waals surface area contributed by atoms with E-state index in [1.807, 2.05) is 55.4 Å². The summed E-state index contributed by atoms with van der Waals surface area (Å²) in [6, 6.07) is 15.1. The highest BCUT2D eigenvalue weighted by Crippen LogP contribution is 2.33. The molecule has 1 amide bonds. The number of hydrogen-bond acceptors (Lipinski definition) is 7. The molecule has 2 aromatic carbocycles. The van der Waals surface area contributed by atoms with Crippen LogP contribution in [0.4, 0.5) is 5.13 Å². The standard InChI is InChI=1S/C21H25N3O3S3.ClH/c1-23(2)13-14-24(19(25)12-15-28-16-8-5-4-6-9-16)21-22-20-17(29-21)10-7-11-18(20)30(3,26)27;/h4-11H,12-15H2,1-3H3;1H. The molecule has 31 heavy (non-hydrogen) atoms. The number of thiazole rings is 1. The minimum Gasteiger partial charge on any atom is -0.308 e. The number of anilines is 1. The number of hydrogen-bond donors (Lipinski definition) is 0. The van der Waals surface area contributed by atoms with E-state index >= 15 is 0 Å². The average Bonchev–Trinajstić information content (AvgIpc) is 3.11. The highest BCUT2D eigenvalue weighted by Gasteiger charge is 2.22. The number of nitrogens with zero attached hydrogens (tertiary/aromatic N) is 3. The van der Waals surface area contributed by atoms with Crippen LogP contribution in [0.1, 0.15) is 6.42 Å². The number of para-hydroxylation sites is 1. The largest absolute Gasteiger partial charge is 0.308 e. The van der Waals surface area contributed by atoms with Crippen molar-refractivity contribution < 1.29 is 13.2 Å². The van der Waals surface area contributed by atoms with Gasteiger partial charge in [0.15, 0.2) is 15.0 Å². The van der Waals surface area contributed by atoms with Crippen LogP contribution in [0.15, 0.2) is 58.3 Å². The summed E-state index contributed by atoms with van der Waals surface area (Å²) in [7, 11) is 0.501. The van der Waals surface area contributed by atoms with Gasteiger partial charge >= 0.3 is 0 Å². The molecule has 3 aromatic rings. The lowest BCUT2D eigenvalue weighted by molar-refractivity contribution is -0.118. The van der Waals surface area contributed by atoms with E-state index in [4.69, 9.17) is 0 Å². The predicted molar refractivity (Wildman–Crippen MR) is 133 cm³/mol. The van der Waals surface area contributed by atoms with Crippen LogP contribution in [-0.2, 0) is 14.6 Å². The summed E-state index contributed by atoms with van der Waals surface area (Å²) in [4.78, 5) is 22.6. The summed E-state index contributed by atoms with van der Waals surface area (Å²) in [5.41, 5.74) is 0.432. The van der Waals surface area contributed by atoms with Crippen molar-refractivity contribution in [3.8, 4) is 0 Å². The molecular weight excluding hydrogens is 474 g/mol. The van der Waals surface area contributed by atoms with Crippen LogP contribution < -0.4 is 4.90 Å². The zero-order valence-electron chi connectivity index (χ0n) is 17.6. The second-order valence-electron chi connectivity index (χ2n) is 7.13. The van der Waals surface area contributed by atoms with Gasteiger partial charge in [0.25, 0.3) is 0 Å². The number of halogens is 1. The summed E-state index contributed by atoms with van der Waals surface area (Å²) in [6.45, 7) is 1.18. The SMILES string of the molecule is CN(C)CCN(C(=O)CCSc1ccccc1)c1nc2c(S(C)(=O)=O)cccc2s1.Cl. The molecule has 0 saturated carbocycles. The zero-order chi connectivity index (χ0) is 21.7. The van der Waals surface area contributed by atoms with Crippen LogP contribution in [0.2, 0.25) is 0 Å². The number of thioether (sulfide) groups is 1. The number of rotatable bonds is 9. The fourth-order valence-corrected chi connectivity index (χ4v) is 5.66. The van der Waals surface area contributed by atoms with Crippen molar-refractivity contribution in [3.05, 3.63) is 48.5 Å². The summed E-state index contributed by atoms with van der Waals surface area (Å²) in [5, 5.41) is 0.540. The van der Waals surface area contributed by atoms with Crippen LogP contribution >= 0.6 is 35.5 Å². The topological polar surface area (TPSA) is 70.6 Å². The van der Waals surface area contributed by atoms with Gasteiger partial charge in [-0.3, -0.25) is 9.69 Å². The first-order valence-corrected chi connectivity index (χ1v) is 13.2. The van der Waals surface area contributed by atoms with Crippen LogP contribution in [0, 0.1) is 0 Å². The van der Waals surface area contributed by atoms with Crippen molar-refractivity contribution in [3.63, 3.8) is 0 Å². The molecule has 0 atom stereocenters. The minimum atomic E-state index is -3.40. The Balaban J connectivity index is 0.00000341. The Morgan fingerprint density at radius 1 is 1.06 bits per heavy atom. The van der Waals surface area contributed by atoms with Gasteiger partial charge in [-0.25, -0.2) is 13.4 Å². The highest BCUT2D eigenvalue weighted by atomic mass is 35.5. The maximum absolute atomic E-state index is 13.0. The van der Waals surface area contributed by atoms with E-state index in [1.165, 1.54) is 17.6 Å². The van der Waals surface area contributed by atoms with E-state index in [1.54, 1.807) is 28.8 Å². The Morgan fingerprint density at radius 3 is 2.42 bits per heavy atom. The number of carbonyl (C=O) groups excluding carboxylic acids is 1. The van der Waals surface area contributed by atoms with E-state index in [9.17, 15) is 13.2 Å². The minimum absolute atomic E-state index is 0. The van der Waals surface area contributed by atoms with Gasteiger partial charge in [0.05, 0.1) is 9.60 Å². The molecule has 0 fully saturated rings. The van der Waals surface area contributed by atoms with Crippen molar-refractivity contribution in [2.75, 3.05) is 44.1 Å². The van der Waals surface area contributed by atoms with Crippen molar-refractivity contribution >= 4 is 66.6 Å². The Kier molecular flexibility index (Phi) is 9.32. The lowest BCUT2D eigenvalue weighted by Gasteiger charge is -2.22. The van der Waals surface area contributed by atoms with Crippen LogP contribution in [0.5, 0.6) is 0 Å². The van der Waals surface area contributed by atoms with E-state index in [0.717, 1.165) is 9.60 Å². The molecule has 0 aliphatic heterocycles. The van der Waals surface area contributed by atoms with Crippen LogP contribution in [-0.4, -0.2) is 63.4 Å². The van der Waals surface area contributed by atoms with E-state index < -0.39 is 9.84 Å². The fraction of sp³-hybridized carbons (Fsp3) is 0.333. The molecule has 1 aromatic heterocycles. The van der Waals surface area contributed by atoms with Gasteiger partial charge in [-0.05, 0) is 38.4 Å². The first kappa shape index (κ1) is 25.6. The molecule has 3 rings (SSSR count). The molecule has 0 unspecified atom stereocenters. The molecular formula is C21H26ClN3O3S3. The smallest absolute Gasteiger partial charge is 0.229 e. The summed E-state index contributed by atoms with van der Waals surface area (Å²) >= 11 is 2.99. The van der Waals surface area contributed by atoms with Gasteiger partial charge < -0.3 is 4.90 Å². The number of aromatic nitrogens is 1. The van der Waals surface area contributed by atoms with Gasteiger partial charge in [-0.15, -0.1) is 24.2 Å². The van der Waals surface area contributed by atoms with Crippen molar-refractivity contribution in [2.45, 2.75) is 16.2 Å². The van der Waals surface area contributed by atoms with Gasteiger partial charge in [-0.2, -0.15) is 0 Å². The summed E-state index contributed by atoms with van der Waals surface area (Å²) in [5.74, 6) is 0.654. The monoisotopic (exact) mass is 499 g/mol. The lowest BCUT2D eigenvalue weighted by Crippen LogP contribution is -2.36. The molecule has 10 heteroatoms. The molecule has 0 saturated heterocycles. The average molecular weight is 500 g/mol. The second kappa shape index (κ2) is 11.3. The summed E-state index contributed by atoms with van der Waals surface area (Å²) in [6.07, 6.45) is 1.55. The molecule has 0 N–H and O–H groups in total. The fourth-order valence-electron chi connectivity index (χ4n) is 2.86. The maximum Gasteiger partial charge on any atom is 0.229 e. The Bertz CT molecular complexity index is 1120. The maximum atomic E-state index is 13.0. The molecule has 0 aliphatic carbocycles. The van der Waals surface area contributed by atoms with Crippen LogP contribution in [0.25, 0.3) is 10.2 Å². The van der Waals surface area contributed by atoms with Gasteiger partial charge in [0, 0.05) is 36.4 Å². The van der Waals surface area contributed by atoms with Gasteiger partial charge in [0.1, 0.15) is 5.52 Å². The van der Waals surface area contributed by atoms with Crippen LogP contribution in [0.3, 0.4) is 0 Å². The number of likely N-dealkylation sites (N-methyl/N-ethyl adjacent to an activating group) is 1. The first-order chi connectivity index (χ1) is 14.3. The molecule has 0 bridgehead atoms. The van der Waals surface area contributed by atoms with Gasteiger partial charge in [0.2, 0.25) is 5.91 Å². The van der Waals surface area contributed by atoms with E-state index in [0.29, 0.717) is 35.9 Å². The van der Waals surface area contributed by atoms with Gasteiger partial charge in [-0.1, -0.05) is 35.6 Å². The number of carbonyl (C=O) groups is 1. The number of sulfone groups is 1. The molecule has 6 nitrogen and oxygen atoms in total. The van der Waals surface area contributed by atoms with E-state index in [2.05, 4.69) is 4.98 Å². The molecule has 0 radical (unpaired) electrons. The third-order valence-electron chi connectivity index (χ3n) is 4.40. The highest BCUT2D eigenvalue weighted by molar-refractivity contribution is 7.99. The Morgan fingerprint density at radius 2 is 1.77 bits per heavy atom. The molecule has 168 valence electrons. The van der Waals surface area contributed by atoms with Crippen molar-refractivity contribution in [1.29, 1.82) is 0 Å². The number of amides is 1. The summed E-state index contributed by atoms with van der Waals surface area (Å²) < 4.78 is 25.0. The molecule has 0 aliphatic rings. The lowest BCUT2D eigenvalue weighted by atomic mass is 10.3. The first-order valence-electron chi connectivity index (χ1n) is 9.48. The molecule has 1 heterocycles. The number of benzene rings is 2. The Hall–Kier alpha value is -1.65. The molecule has 0 spiro atoms. The second-order valence-corrected chi connectivity index (χ2v) is 11.3. The zero-order valence-corrected chi connectivity index (χ0v) is 20.9. The third-order valence-corrected chi connectivity index (χ3v) is 7.59. The normalized spacial score (nSPS) is 11.5. The predicted octanol–water partition coefficient (Wildman–Crippen LogP) is 4.20. The quantitative estimate of drug-likeness (QED) is 0.411. The number of fused-ring (bicyclic) bond motifs is 1. The van der Waals surface area contributed by atoms with Crippen molar-refractivity contribution in [1.82, 2.24) is 9.88 Å². The third kappa shape index (κ3) is 6.92. The Labute approximate surface area is 198 Å². The van der Waals surface area contributed by atoms with Crippen molar-refractivity contribution in [2.24, 2.45) is 0 Å². The van der Waals surface area contributed by atoms with E-state index in [-0.39, 0.29) is 23.2 Å².